The molecule has 0 atom stereocenters. The van der Waals surface area contributed by atoms with E-state index in [1.54, 1.807) is 0 Å². The van der Waals surface area contributed by atoms with Crippen LogP contribution in [0.1, 0.15) is 69.8 Å². The minimum absolute atomic E-state index is 0.132. The van der Waals surface area contributed by atoms with Gasteiger partial charge in [0.1, 0.15) is 0 Å². The van der Waals surface area contributed by atoms with Gasteiger partial charge in [-0.2, -0.15) is 0 Å². The van der Waals surface area contributed by atoms with Gasteiger partial charge in [-0.25, -0.2) is 0 Å². The summed E-state index contributed by atoms with van der Waals surface area (Å²) >= 11 is 0. The Morgan fingerprint density at radius 3 is 1.70 bits per heavy atom. The van der Waals surface area contributed by atoms with Crippen LogP contribution < -0.4 is 5.73 Å². The summed E-state index contributed by atoms with van der Waals surface area (Å²) in [5.41, 5.74) is 6.52. The molecule has 132 valence electrons. The molecule has 0 radical (unpaired) electrons. The monoisotopic (exact) mass is 321 g/mol. The van der Waals surface area contributed by atoms with Crippen LogP contribution in [0.25, 0.3) is 0 Å². The van der Waals surface area contributed by atoms with Crippen molar-refractivity contribution < 1.29 is 10.2 Å². The lowest BCUT2D eigenvalue weighted by molar-refractivity contribution is 0.112. The lowest BCUT2D eigenvalue weighted by atomic mass is 9.94. The van der Waals surface area contributed by atoms with E-state index >= 15 is 0 Å². The fourth-order valence-electron chi connectivity index (χ4n) is 2.90. The van der Waals surface area contributed by atoms with Crippen LogP contribution in [0.2, 0.25) is 0 Å². The molecule has 0 bridgehead atoms. The number of aliphatic hydroxyl groups excluding tert-OH is 2. The molecule has 0 heterocycles. The van der Waals surface area contributed by atoms with Gasteiger partial charge in [-0.05, 0) is 24.8 Å². The van der Waals surface area contributed by atoms with Crippen molar-refractivity contribution >= 4 is 0 Å². The van der Waals surface area contributed by atoms with Crippen molar-refractivity contribution in [1.82, 2.24) is 0 Å². The molecule has 0 saturated heterocycles. The van der Waals surface area contributed by atoms with E-state index in [1.807, 2.05) is 0 Å². The molecule has 3 heteroatoms. The maximum Gasteiger partial charge on any atom is 0.0633 e. The van der Waals surface area contributed by atoms with Crippen molar-refractivity contribution in [3.05, 3.63) is 35.9 Å². The second-order valence-electron chi connectivity index (χ2n) is 6.85. The van der Waals surface area contributed by atoms with Crippen LogP contribution in [0.3, 0.4) is 0 Å². The average Bonchev–Trinajstić information content (AvgIpc) is 2.60. The topological polar surface area (TPSA) is 66.5 Å². The van der Waals surface area contributed by atoms with Crippen LogP contribution in [0.15, 0.2) is 30.3 Å². The average molecular weight is 322 g/mol. The van der Waals surface area contributed by atoms with Gasteiger partial charge in [0, 0.05) is 0 Å². The van der Waals surface area contributed by atoms with Gasteiger partial charge in [-0.3, -0.25) is 0 Å². The van der Waals surface area contributed by atoms with Crippen molar-refractivity contribution in [2.75, 3.05) is 13.2 Å². The fourth-order valence-corrected chi connectivity index (χ4v) is 2.90. The molecule has 0 aliphatic rings. The quantitative estimate of drug-likeness (QED) is 0.456. The van der Waals surface area contributed by atoms with Crippen molar-refractivity contribution in [3.63, 3.8) is 0 Å². The van der Waals surface area contributed by atoms with Crippen molar-refractivity contribution in [1.29, 1.82) is 0 Å². The smallest absolute Gasteiger partial charge is 0.0633 e. The Morgan fingerprint density at radius 1 is 0.696 bits per heavy atom. The lowest BCUT2D eigenvalue weighted by Crippen LogP contribution is -2.47. The Bertz CT molecular complexity index is 376. The maximum atomic E-state index is 9.12. The van der Waals surface area contributed by atoms with Crippen molar-refractivity contribution in [2.24, 2.45) is 5.73 Å². The predicted molar refractivity (Wildman–Crippen MR) is 97.4 cm³/mol. The van der Waals surface area contributed by atoms with Crippen LogP contribution in [-0.4, -0.2) is 29.0 Å². The van der Waals surface area contributed by atoms with Gasteiger partial charge in [0.05, 0.1) is 18.8 Å². The third kappa shape index (κ3) is 9.75. The summed E-state index contributed by atoms with van der Waals surface area (Å²) < 4.78 is 0. The molecule has 0 aromatic heterocycles. The summed E-state index contributed by atoms with van der Waals surface area (Å²) in [5.74, 6) is 0. The molecule has 1 aromatic carbocycles. The number of hydrogen-bond donors (Lipinski definition) is 3. The summed E-state index contributed by atoms with van der Waals surface area (Å²) in [7, 11) is 0. The summed E-state index contributed by atoms with van der Waals surface area (Å²) in [6, 6.07) is 10.7. The highest BCUT2D eigenvalue weighted by Crippen LogP contribution is 2.15. The van der Waals surface area contributed by atoms with Crippen molar-refractivity contribution in [3.8, 4) is 0 Å². The van der Waals surface area contributed by atoms with E-state index < -0.39 is 5.54 Å². The normalized spacial score (nSPS) is 11.8. The van der Waals surface area contributed by atoms with Gasteiger partial charge in [-0.1, -0.05) is 81.7 Å². The van der Waals surface area contributed by atoms with Crippen molar-refractivity contribution in [2.45, 2.75) is 76.2 Å². The Labute approximate surface area is 141 Å². The van der Waals surface area contributed by atoms with Gasteiger partial charge in [0.25, 0.3) is 0 Å². The van der Waals surface area contributed by atoms with E-state index in [-0.39, 0.29) is 13.2 Å². The SMILES string of the molecule is NC(CO)(CO)CCCCCCCCCCCc1ccccc1. The molecule has 1 rings (SSSR count). The molecule has 1 aromatic rings. The van der Waals surface area contributed by atoms with Gasteiger partial charge >= 0.3 is 0 Å². The Kier molecular flexibility index (Phi) is 11.0. The molecular weight excluding hydrogens is 286 g/mol. The highest BCUT2D eigenvalue weighted by atomic mass is 16.3. The first-order valence-corrected chi connectivity index (χ1v) is 9.25. The first kappa shape index (κ1) is 20.1. The molecule has 0 unspecified atom stereocenters. The number of hydrogen-bond acceptors (Lipinski definition) is 3. The zero-order valence-corrected chi connectivity index (χ0v) is 14.6. The second kappa shape index (κ2) is 12.5. The first-order valence-electron chi connectivity index (χ1n) is 9.25. The number of aliphatic hydroxyl groups is 2. The Balaban J connectivity index is 1.85. The van der Waals surface area contributed by atoms with E-state index in [0.717, 1.165) is 12.8 Å². The maximum absolute atomic E-state index is 9.12. The standard InChI is InChI=1S/C20H35NO2/c21-20(17-22,18-23)16-12-7-5-3-1-2-4-6-9-13-19-14-10-8-11-15-19/h8,10-11,14-15,22-23H,1-7,9,12-13,16-18,21H2. The van der Waals surface area contributed by atoms with Gasteiger partial charge in [-0.15, -0.1) is 0 Å². The molecular formula is C20H35NO2. The van der Waals surface area contributed by atoms with Gasteiger partial charge in [0.15, 0.2) is 0 Å². The Hall–Kier alpha value is -0.900. The van der Waals surface area contributed by atoms with E-state index in [2.05, 4.69) is 30.3 Å². The molecule has 0 saturated carbocycles. The summed E-state index contributed by atoms with van der Waals surface area (Å²) in [5, 5.41) is 18.2. The van der Waals surface area contributed by atoms with E-state index in [0.29, 0.717) is 6.42 Å². The minimum atomic E-state index is -0.779. The molecule has 23 heavy (non-hydrogen) atoms. The summed E-state index contributed by atoms with van der Waals surface area (Å²) in [6.45, 7) is -0.265. The van der Waals surface area contributed by atoms with Gasteiger partial charge in [0.2, 0.25) is 0 Å². The highest BCUT2D eigenvalue weighted by molar-refractivity contribution is 5.14. The van der Waals surface area contributed by atoms with Gasteiger partial charge < -0.3 is 15.9 Å². The molecule has 0 amide bonds. The van der Waals surface area contributed by atoms with Crippen LogP contribution in [0.4, 0.5) is 0 Å². The van der Waals surface area contributed by atoms with Crippen LogP contribution in [0, 0.1) is 0 Å². The lowest BCUT2D eigenvalue weighted by Gasteiger charge is -2.24. The number of rotatable bonds is 14. The Morgan fingerprint density at radius 2 is 1.17 bits per heavy atom. The molecule has 4 N–H and O–H groups in total. The van der Waals surface area contributed by atoms with Crippen LogP contribution >= 0.6 is 0 Å². The number of nitrogens with two attached hydrogens (primary N) is 1. The second-order valence-corrected chi connectivity index (χ2v) is 6.85. The largest absolute Gasteiger partial charge is 0.394 e. The number of aryl methyl sites for hydroxylation is 1. The number of unbranched alkanes of at least 4 members (excludes halogenated alkanes) is 8. The fraction of sp³-hybridized carbons (Fsp3) is 0.700. The van der Waals surface area contributed by atoms with Crippen LogP contribution in [0.5, 0.6) is 0 Å². The zero-order chi connectivity index (χ0) is 16.8. The zero-order valence-electron chi connectivity index (χ0n) is 14.6. The van der Waals surface area contributed by atoms with E-state index in [1.165, 1.54) is 56.9 Å². The molecule has 0 aliphatic carbocycles. The molecule has 3 nitrogen and oxygen atoms in total. The molecule has 0 aliphatic heterocycles. The van der Waals surface area contributed by atoms with E-state index in [9.17, 15) is 0 Å². The first-order chi connectivity index (χ1) is 11.2. The minimum Gasteiger partial charge on any atom is -0.394 e. The highest BCUT2D eigenvalue weighted by Gasteiger charge is 2.21. The summed E-state index contributed by atoms with van der Waals surface area (Å²) in [6.07, 6.45) is 13.2. The predicted octanol–water partition coefficient (Wildman–Crippen LogP) is 3.81. The van der Waals surface area contributed by atoms with E-state index in [4.69, 9.17) is 15.9 Å². The summed E-state index contributed by atoms with van der Waals surface area (Å²) in [4.78, 5) is 0. The van der Waals surface area contributed by atoms with Crippen LogP contribution in [-0.2, 0) is 6.42 Å². The third-order valence-corrected chi connectivity index (χ3v) is 4.61. The molecule has 0 spiro atoms. The third-order valence-electron chi connectivity index (χ3n) is 4.61. The number of benzene rings is 1. The molecule has 0 fully saturated rings.